The molecule has 0 spiro atoms. The Labute approximate surface area is 257 Å². The highest BCUT2D eigenvalue weighted by atomic mass is 79.9. The molecule has 0 radical (unpaired) electrons. The maximum Gasteiger partial charge on any atom is 0.804 e. The Morgan fingerprint density at radius 1 is 0.714 bits per heavy atom. The molecule has 224 valence electrons. The molecule has 12 heteroatoms. The molecular weight excluding hydrogens is 713 g/mol. The number of alkyl halides is 6. The first-order valence-electron chi connectivity index (χ1n) is 13.0. The molecule has 0 saturated carbocycles. The van der Waals surface area contributed by atoms with Gasteiger partial charge in [-0.25, -0.2) is 9.05 Å². The zero-order valence-electron chi connectivity index (χ0n) is 22.3. The average molecular weight is 739 g/mol. The second-order valence-electron chi connectivity index (χ2n) is 9.88. The number of hydrogen-bond donors (Lipinski definition) is 0. The van der Waals surface area contributed by atoms with E-state index in [2.05, 4.69) is 31.9 Å². The summed E-state index contributed by atoms with van der Waals surface area (Å²) in [5, 5.41) is 0. The van der Waals surface area contributed by atoms with Crippen molar-refractivity contribution in [2.24, 2.45) is 11.8 Å². The first-order chi connectivity index (χ1) is 19.7. The van der Waals surface area contributed by atoms with Crippen LogP contribution in [0.15, 0.2) is 105 Å². The van der Waals surface area contributed by atoms with Gasteiger partial charge in [-0.3, -0.25) is 0 Å². The lowest BCUT2D eigenvalue weighted by Crippen LogP contribution is -2.49. The van der Waals surface area contributed by atoms with Gasteiger partial charge in [0.25, 0.3) is 0 Å². The highest BCUT2D eigenvalue weighted by Gasteiger charge is 2.63. The van der Waals surface area contributed by atoms with Gasteiger partial charge in [0.05, 0.1) is 0 Å². The van der Waals surface area contributed by atoms with Crippen LogP contribution >= 0.6 is 40.1 Å². The maximum atomic E-state index is 14.9. The SMILES string of the molecule is CCC1C(O[P+](=O)OC2=CC=CC(c3ccccc3Br)(C(F)(F)F)C2CC)=CC=CC1(c1ccccc1Br)C(F)(F)F. The third kappa shape index (κ3) is 5.52. The van der Waals surface area contributed by atoms with E-state index in [1.165, 1.54) is 60.7 Å². The van der Waals surface area contributed by atoms with Crippen molar-refractivity contribution in [3.63, 3.8) is 0 Å². The van der Waals surface area contributed by atoms with Gasteiger partial charge in [-0.05, 0) is 48.3 Å². The number of benzene rings is 2. The molecule has 4 unspecified atom stereocenters. The lowest BCUT2D eigenvalue weighted by atomic mass is 9.65. The fourth-order valence-electron chi connectivity index (χ4n) is 5.97. The number of allylic oxidation sites excluding steroid dienone is 8. The van der Waals surface area contributed by atoms with Crippen LogP contribution in [0.25, 0.3) is 0 Å². The lowest BCUT2D eigenvalue weighted by Gasteiger charge is -2.42. The number of rotatable bonds is 8. The molecule has 0 aliphatic heterocycles. The van der Waals surface area contributed by atoms with Crippen molar-refractivity contribution in [2.45, 2.75) is 49.9 Å². The molecule has 4 rings (SSSR count). The molecular formula is C30H26Br2F6O3P+. The number of hydrogen-bond acceptors (Lipinski definition) is 3. The van der Waals surface area contributed by atoms with Gasteiger partial charge in [-0.2, -0.15) is 26.3 Å². The molecule has 2 aromatic rings. The Morgan fingerprint density at radius 2 is 1.07 bits per heavy atom. The normalized spacial score (nSPS) is 26.4. The van der Waals surface area contributed by atoms with E-state index in [9.17, 15) is 30.9 Å². The Kier molecular flexibility index (Phi) is 9.55. The quantitative estimate of drug-likeness (QED) is 0.200. The minimum Gasteiger partial charge on any atom is -0.226 e. The van der Waals surface area contributed by atoms with Crippen molar-refractivity contribution >= 4 is 40.1 Å². The van der Waals surface area contributed by atoms with Crippen LogP contribution in [0, 0.1) is 11.8 Å². The first-order valence-corrected chi connectivity index (χ1v) is 15.7. The van der Waals surface area contributed by atoms with Crippen molar-refractivity contribution in [1.82, 2.24) is 0 Å². The summed E-state index contributed by atoms with van der Waals surface area (Å²) in [5.74, 6) is -3.16. The van der Waals surface area contributed by atoms with Crippen molar-refractivity contribution in [2.75, 3.05) is 0 Å². The predicted molar refractivity (Wildman–Crippen MR) is 156 cm³/mol. The standard InChI is InChI=1S/C30H26Br2F6O3P/c1-3-19-25(15-9-17-27(19,29(33,34)35)21-11-5-7-13-23(21)31)40-42(39)41-26-16-10-18-28(20(26)4-2,30(36,37)38)22-12-6-8-14-24(22)32/h5-20H,3-4H2,1-2H3/q+1. The first kappa shape index (κ1) is 32.6. The molecule has 0 fully saturated rings. The second kappa shape index (κ2) is 12.3. The highest BCUT2D eigenvalue weighted by molar-refractivity contribution is 9.10. The molecule has 0 amide bonds. The topological polar surface area (TPSA) is 35.5 Å². The molecule has 0 saturated heterocycles. The molecule has 2 aliphatic carbocycles. The summed E-state index contributed by atoms with van der Waals surface area (Å²) in [6.07, 6.45) is -2.67. The predicted octanol–water partition coefficient (Wildman–Crippen LogP) is 11.2. The summed E-state index contributed by atoms with van der Waals surface area (Å²) in [5.41, 5.74) is -5.15. The molecule has 0 bridgehead atoms. The summed E-state index contributed by atoms with van der Waals surface area (Å²) in [6.45, 7) is 3.09. The summed E-state index contributed by atoms with van der Waals surface area (Å²) in [6, 6.07) is 11.9. The van der Waals surface area contributed by atoms with Crippen molar-refractivity contribution in [1.29, 1.82) is 0 Å². The molecule has 0 heterocycles. The molecule has 2 aliphatic rings. The number of halogens is 8. The van der Waals surface area contributed by atoms with E-state index in [1.54, 1.807) is 26.0 Å². The Bertz CT molecular complexity index is 1360. The highest BCUT2D eigenvalue weighted by Crippen LogP contribution is 2.58. The van der Waals surface area contributed by atoms with Crippen LogP contribution in [-0.4, -0.2) is 12.4 Å². The lowest BCUT2D eigenvalue weighted by molar-refractivity contribution is -0.190. The Hall–Kier alpha value is -2.36. The van der Waals surface area contributed by atoms with Crippen LogP contribution in [-0.2, 0) is 24.4 Å². The van der Waals surface area contributed by atoms with E-state index < -0.39 is 43.3 Å². The van der Waals surface area contributed by atoms with E-state index in [1.807, 2.05) is 0 Å². The van der Waals surface area contributed by atoms with Gasteiger partial charge >= 0.3 is 20.6 Å². The smallest absolute Gasteiger partial charge is 0.226 e. The molecule has 0 N–H and O–H groups in total. The molecule has 3 nitrogen and oxygen atoms in total. The largest absolute Gasteiger partial charge is 0.804 e. The van der Waals surface area contributed by atoms with Gasteiger partial charge in [-0.15, -0.1) is 0 Å². The summed E-state index contributed by atoms with van der Waals surface area (Å²) in [4.78, 5) is 0. The zero-order valence-corrected chi connectivity index (χ0v) is 26.4. The monoisotopic (exact) mass is 737 g/mol. The fourth-order valence-corrected chi connectivity index (χ4v) is 7.95. The van der Waals surface area contributed by atoms with Gasteiger partial charge in [0.15, 0.2) is 11.5 Å². The van der Waals surface area contributed by atoms with Gasteiger partial charge in [0, 0.05) is 25.3 Å². The van der Waals surface area contributed by atoms with E-state index >= 15 is 0 Å². The van der Waals surface area contributed by atoms with E-state index in [0.717, 1.165) is 12.2 Å². The fraction of sp³-hybridized carbons (Fsp3) is 0.333. The van der Waals surface area contributed by atoms with Gasteiger partial charge in [-0.1, -0.05) is 106 Å². The Balaban J connectivity index is 1.67. The average Bonchev–Trinajstić information content (AvgIpc) is 2.92. The van der Waals surface area contributed by atoms with Crippen molar-refractivity contribution in [3.05, 3.63) is 117 Å². The second-order valence-corrected chi connectivity index (χ2v) is 12.4. The van der Waals surface area contributed by atoms with Crippen molar-refractivity contribution in [3.8, 4) is 0 Å². The van der Waals surface area contributed by atoms with Gasteiger partial charge in [0.2, 0.25) is 0 Å². The minimum atomic E-state index is -4.78. The molecule has 2 aromatic carbocycles. The summed E-state index contributed by atoms with van der Waals surface area (Å²) < 4.78 is 114. The van der Waals surface area contributed by atoms with E-state index in [-0.39, 0.29) is 44.4 Å². The molecule has 42 heavy (non-hydrogen) atoms. The van der Waals surface area contributed by atoms with E-state index in [0.29, 0.717) is 0 Å². The molecule has 0 aromatic heterocycles. The Morgan fingerprint density at radius 3 is 1.38 bits per heavy atom. The van der Waals surface area contributed by atoms with Crippen LogP contribution < -0.4 is 0 Å². The minimum absolute atomic E-state index is 0.0531. The van der Waals surface area contributed by atoms with Crippen LogP contribution in [0.3, 0.4) is 0 Å². The third-order valence-corrected chi connectivity index (χ3v) is 9.88. The maximum absolute atomic E-state index is 14.9. The van der Waals surface area contributed by atoms with Crippen molar-refractivity contribution < 1.29 is 40.0 Å². The summed E-state index contributed by atoms with van der Waals surface area (Å²) >= 11 is 6.46. The third-order valence-electron chi connectivity index (χ3n) is 7.78. The zero-order chi connectivity index (χ0) is 30.9. The van der Waals surface area contributed by atoms with Crippen LogP contribution in [0.1, 0.15) is 37.8 Å². The molecule has 4 atom stereocenters. The van der Waals surface area contributed by atoms with Crippen LogP contribution in [0.5, 0.6) is 0 Å². The van der Waals surface area contributed by atoms with Crippen LogP contribution in [0.2, 0.25) is 0 Å². The van der Waals surface area contributed by atoms with E-state index in [4.69, 9.17) is 9.05 Å². The summed E-state index contributed by atoms with van der Waals surface area (Å²) in [7, 11) is -3.21. The van der Waals surface area contributed by atoms with Gasteiger partial charge in [0.1, 0.15) is 10.8 Å². The van der Waals surface area contributed by atoms with Crippen LogP contribution in [0.4, 0.5) is 26.3 Å². The van der Waals surface area contributed by atoms with Gasteiger partial charge < -0.3 is 0 Å².